The minimum Gasteiger partial charge on any atom is -0.312 e. The van der Waals surface area contributed by atoms with Crippen LogP contribution in [-0.2, 0) is 16.6 Å². The highest BCUT2D eigenvalue weighted by Gasteiger charge is 2.27. The van der Waals surface area contributed by atoms with E-state index in [0.29, 0.717) is 21.1 Å². The molecule has 1 aromatic rings. The van der Waals surface area contributed by atoms with E-state index < -0.39 is 10.0 Å². The van der Waals surface area contributed by atoms with E-state index in [1.165, 1.54) is 17.8 Å². The van der Waals surface area contributed by atoms with Gasteiger partial charge >= 0.3 is 0 Å². The molecule has 1 aromatic heterocycles. The van der Waals surface area contributed by atoms with Crippen LogP contribution < -0.4 is 10.0 Å². The van der Waals surface area contributed by atoms with Crippen LogP contribution in [0.2, 0.25) is 0 Å². The fourth-order valence-corrected chi connectivity index (χ4v) is 6.68. The quantitative estimate of drug-likeness (QED) is 0.776. The van der Waals surface area contributed by atoms with Gasteiger partial charge in [-0.1, -0.05) is 26.7 Å². The third kappa shape index (κ3) is 4.76. The second kappa shape index (κ2) is 7.55. The number of hydrogen-bond acceptors (Lipinski definition) is 4. The third-order valence-corrected chi connectivity index (χ3v) is 7.58. The van der Waals surface area contributed by atoms with Gasteiger partial charge in [0, 0.05) is 17.5 Å². The van der Waals surface area contributed by atoms with Crippen molar-refractivity contribution in [2.24, 2.45) is 5.92 Å². The van der Waals surface area contributed by atoms with E-state index in [9.17, 15) is 8.42 Å². The SMILES string of the molecule is CCNCc1cc(S(=O)(=O)NC2CCCC(C)C2)c(Br)s1. The van der Waals surface area contributed by atoms with Crippen molar-refractivity contribution in [3.8, 4) is 0 Å². The van der Waals surface area contributed by atoms with Gasteiger partial charge in [-0.2, -0.15) is 0 Å². The molecule has 0 bridgehead atoms. The van der Waals surface area contributed by atoms with Crippen molar-refractivity contribution in [3.63, 3.8) is 0 Å². The van der Waals surface area contributed by atoms with Crippen LogP contribution in [-0.4, -0.2) is 21.0 Å². The van der Waals surface area contributed by atoms with Gasteiger partial charge in [0.2, 0.25) is 10.0 Å². The molecule has 21 heavy (non-hydrogen) atoms. The number of sulfonamides is 1. The summed E-state index contributed by atoms with van der Waals surface area (Å²) in [6.07, 6.45) is 4.18. The van der Waals surface area contributed by atoms with Crippen LogP contribution in [0.1, 0.15) is 44.4 Å². The Bertz CT molecular complexity index is 572. The summed E-state index contributed by atoms with van der Waals surface area (Å²) in [5.74, 6) is 0.599. The van der Waals surface area contributed by atoms with Crippen LogP contribution in [0.5, 0.6) is 0 Å². The number of hydrogen-bond donors (Lipinski definition) is 2. The van der Waals surface area contributed by atoms with Gasteiger partial charge in [-0.15, -0.1) is 11.3 Å². The fraction of sp³-hybridized carbons (Fsp3) is 0.714. The molecule has 1 aliphatic rings. The summed E-state index contributed by atoms with van der Waals surface area (Å²) < 4.78 is 28.7. The van der Waals surface area contributed by atoms with Gasteiger partial charge in [0.1, 0.15) is 4.90 Å². The van der Waals surface area contributed by atoms with E-state index in [-0.39, 0.29) is 6.04 Å². The maximum atomic E-state index is 12.6. The molecule has 0 aromatic carbocycles. The number of nitrogens with one attached hydrogen (secondary N) is 2. The molecule has 0 spiro atoms. The zero-order valence-electron chi connectivity index (χ0n) is 12.5. The molecular weight excluding hydrogens is 372 g/mol. The van der Waals surface area contributed by atoms with E-state index in [4.69, 9.17) is 0 Å². The molecule has 2 N–H and O–H groups in total. The first-order valence-electron chi connectivity index (χ1n) is 7.43. The fourth-order valence-electron chi connectivity index (χ4n) is 2.74. The van der Waals surface area contributed by atoms with Gasteiger partial charge in [0.25, 0.3) is 0 Å². The number of rotatable bonds is 6. The average Bonchev–Trinajstić information content (AvgIpc) is 2.78. The second-order valence-electron chi connectivity index (χ2n) is 5.72. The molecule has 2 unspecified atom stereocenters. The molecule has 0 radical (unpaired) electrons. The van der Waals surface area contributed by atoms with Crippen LogP contribution in [0.4, 0.5) is 0 Å². The van der Waals surface area contributed by atoms with Crippen LogP contribution >= 0.6 is 27.3 Å². The van der Waals surface area contributed by atoms with Crippen molar-refractivity contribution >= 4 is 37.3 Å². The molecule has 1 fully saturated rings. The summed E-state index contributed by atoms with van der Waals surface area (Å²) in [5.41, 5.74) is 0. The van der Waals surface area contributed by atoms with E-state index in [1.807, 2.05) is 6.92 Å². The summed E-state index contributed by atoms with van der Waals surface area (Å²) in [7, 11) is -3.43. The minimum absolute atomic E-state index is 0.0720. The monoisotopic (exact) mass is 394 g/mol. The second-order valence-corrected chi connectivity index (χ2v) is 9.86. The van der Waals surface area contributed by atoms with E-state index in [2.05, 4.69) is 32.9 Å². The normalized spacial score (nSPS) is 23.4. The standard InChI is InChI=1S/C14H23BrN2O2S2/c1-3-16-9-12-8-13(14(15)20-12)21(18,19)17-11-6-4-5-10(2)7-11/h8,10-11,16-17H,3-7,9H2,1-2H3. The van der Waals surface area contributed by atoms with Crippen LogP contribution in [0.25, 0.3) is 0 Å². The lowest BCUT2D eigenvalue weighted by Crippen LogP contribution is -2.37. The first-order chi connectivity index (χ1) is 9.92. The van der Waals surface area contributed by atoms with Gasteiger partial charge in [-0.3, -0.25) is 0 Å². The predicted molar refractivity (Wildman–Crippen MR) is 91.1 cm³/mol. The van der Waals surface area contributed by atoms with Crippen LogP contribution in [0.15, 0.2) is 14.7 Å². The lowest BCUT2D eigenvalue weighted by molar-refractivity contribution is 0.327. The molecule has 7 heteroatoms. The highest BCUT2D eigenvalue weighted by Crippen LogP contribution is 2.33. The van der Waals surface area contributed by atoms with E-state index >= 15 is 0 Å². The number of halogens is 1. The summed E-state index contributed by atoms with van der Waals surface area (Å²) in [6.45, 7) is 5.80. The van der Waals surface area contributed by atoms with Gasteiger partial charge in [-0.05, 0) is 47.3 Å². The molecule has 2 rings (SSSR count). The van der Waals surface area contributed by atoms with Gasteiger partial charge in [-0.25, -0.2) is 13.1 Å². The predicted octanol–water partition coefficient (Wildman–Crippen LogP) is 3.48. The number of thiophene rings is 1. The maximum absolute atomic E-state index is 12.6. The molecule has 1 saturated carbocycles. The Kier molecular flexibility index (Phi) is 6.25. The lowest BCUT2D eigenvalue weighted by Gasteiger charge is -2.27. The summed E-state index contributed by atoms with van der Waals surface area (Å²) in [5, 5.41) is 3.22. The van der Waals surface area contributed by atoms with Crippen LogP contribution in [0, 0.1) is 5.92 Å². The van der Waals surface area contributed by atoms with Crippen molar-refractivity contribution in [3.05, 3.63) is 14.7 Å². The van der Waals surface area contributed by atoms with Gasteiger partial charge in [0.05, 0.1) is 3.79 Å². The van der Waals surface area contributed by atoms with E-state index in [1.54, 1.807) is 6.07 Å². The molecule has 0 amide bonds. The lowest BCUT2D eigenvalue weighted by atomic mass is 9.88. The molecule has 4 nitrogen and oxygen atoms in total. The Morgan fingerprint density at radius 2 is 2.19 bits per heavy atom. The minimum atomic E-state index is -3.43. The molecule has 0 aliphatic heterocycles. The molecule has 1 aliphatic carbocycles. The van der Waals surface area contributed by atoms with Gasteiger partial charge < -0.3 is 5.32 Å². The summed E-state index contributed by atoms with van der Waals surface area (Å²) >= 11 is 4.87. The van der Waals surface area contributed by atoms with Crippen molar-refractivity contribution in [1.29, 1.82) is 0 Å². The summed E-state index contributed by atoms with van der Waals surface area (Å²) in [6, 6.07) is 1.84. The molecule has 0 saturated heterocycles. The van der Waals surface area contributed by atoms with Crippen LogP contribution in [0.3, 0.4) is 0 Å². The highest BCUT2D eigenvalue weighted by molar-refractivity contribution is 9.11. The van der Waals surface area contributed by atoms with Crippen molar-refractivity contribution in [2.75, 3.05) is 6.54 Å². The smallest absolute Gasteiger partial charge is 0.242 e. The Morgan fingerprint density at radius 3 is 2.86 bits per heavy atom. The van der Waals surface area contributed by atoms with Crippen molar-refractivity contribution < 1.29 is 8.42 Å². The maximum Gasteiger partial charge on any atom is 0.242 e. The Labute approximate surface area is 139 Å². The average molecular weight is 395 g/mol. The highest BCUT2D eigenvalue weighted by atomic mass is 79.9. The molecule has 120 valence electrons. The largest absolute Gasteiger partial charge is 0.312 e. The Balaban J connectivity index is 2.09. The zero-order chi connectivity index (χ0) is 15.5. The molecule has 2 atom stereocenters. The summed E-state index contributed by atoms with van der Waals surface area (Å²) in [4.78, 5) is 1.40. The molecule has 1 heterocycles. The molecular formula is C14H23BrN2O2S2. The first-order valence-corrected chi connectivity index (χ1v) is 10.5. The topological polar surface area (TPSA) is 58.2 Å². The Hall–Kier alpha value is 0.0500. The van der Waals surface area contributed by atoms with Gasteiger partial charge in [0.15, 0.2) is 0 Å². The Morgan fingerprint density at radius 1 is 1.43 bits per heavy atom. The third-order valence-electron chi connectivity index (χ3n) is 3.80. The first kappa shape index (κ1) is 17.4. The van der Waals surface area contributed by atoms with E-state index in [0.717, 1.165) is 30.7 Å². The van der Waals surface area contributed by atoms with Crippen molar-refractivity contribution in [2.45, 2.75) is 57.0 Å². The zero-order valence-corrected chi connectivity index (χ0v) is 15.7. The van der Waals surface area contributed by atoms with Crippen molar-refractivity contribution in [1.82, 2.24) is 10.0 Å².